The second-order valence-electron chi connectivity index (χ2n) is 7.53. The number of nitrogens with one attached hydrogen (secondary N) is 1. The van der Waals surface area contributed by atoms with Crippen LogP contribution in [0.1, 0.15) is 21.7 Å². The molecule has 4 rings (SSSR count). The molecular formula is C26H27N3O4. The van der Waals surface area contributed by atoms with E-state index in [1.54, 1.807) is 39.5 Å². The summed E-state index contributed by atoms with van der Waals surface area (Å²) in [6, 6.07) is 21.2. The van der Waals surface area contributed by atoms with Gasteiger partial charge in [0.25, 0.3) is 5.91 Å². The number of hydrogen-bond acceptors (Lipinski definition) is 5. The summed E-state index contributed by atoms with van der Waals surface area (Å²) in [7, 11) is 4.77. The van der Waals surface area contributed by atoms with Crippen LogP contribution in [0.15, 0.2) is 66.7 Å². The SMILES string of the molecule is COc1ccc(Cn2c(CCNC(=O)c3ccc(OC)c(OC)c3)nc3ccccc32)cc1. The maximum atomic E-state index is 12.7. The lowest BCUT2D eigenvalue weighted by Crippen LogP contribution is -2.26. The van der Waals surface area contributed by atoms with Crippen molar-refractivity contribution in [1.29, 1.82) is 0 Å². The van der Waals surface area contributed by atoms with Crippen molar-refractivity contribution in [2.24, 2.45) is 0 Å². The first-order valence-electron chi connectivity index (χ1n) is 10.7. The van der Waals surface area contributed by atoms with Crippen molar-refractivity contribution in [1.82, 2.24) is 14.9 Å². The molecule has 0 aliphatic carbocycles. The van der Waals surface area contributed by atoms with Gasteiger partial charge in [-0.05, 0) is 48.0 Å². The number of imidazole rings is 1. The minimum Gasteiger partial charge on any atom is -0.497 e. The highest BCUT2D eigenvalue weighted by atomic mass is 16.5. The smallest absolute Gasteiger partial charge is 0.251 e. The van der Waals surface area contributed by atoms with E-state index in [2.05, 4.69) is 28.1 Å². The van der Waals surface area contributed by atoms with Gasteiger partial charge >= 0.3 is 0 Å². The molecule has 0 aliphatic heterocycles. The second-order valence-corrected chi connectivity index (χ2v) is 7.53. The van der Waals surface area contributed by atoms with E-state index in [0.29, 0.717) is 36.6 Å². The third-order valence-electron chi connectivity index (χ3n) is 5.51. The van der Waals surface area contributed by atoms with E-state index in [0.717, 1.165) is 28.2 Å². The van der Waals surface area contributed by atoms with Crippen molar-refractivity contribution in [2.75, 3.05) is 27.9 Å². The highest BCUT2D eigenvalue weighted by molar-refractivity contribution is 5.94. The average molecular weight is 446 g/mol. The standard InChI is InChI=1S/C26H27N3O4/c1-31-20-11-8-18(9-12-20)17-29-22-7-5-4-6-21(22)28-25(29)14-15-27-26(30)19-10-13-23(32-2)24(16-19)33-3/h4-13,16H,14-15,17H2,1-3H3,(H,27,30). The topological polar surface area (TPSA) is 74.6 Å². The van der Waals surface area contributed by atoms with Crippen molar-refractivity contribution in [3.8, 4) is 17.2 Å². The quantitative estimate of drug-likeness (QED) is 0.420. The van der Waals surface area contributed by atoms with Crippen LogP contribution in [-0.2, 0) is 13.0 Å². The number of para-hydroxylation sites is 2. The van der Waals surface area contributed by atoms with Crippen LogP contribution in [0, 0.1) is 0 Å². The molecule has 0 fully saturated rings. The normalized spacial score (nSPS) is 10.8. The van der Waals surface area contributed by atoms with Gasteiger partial charge < -0.3 is 24.1 Å². The van der Waals surface area contributed by atoms with E-state index in [1.807, 2.05) is 30.3 Å². The van der Waals surface area contributed by atoms with E-state index < -0.39 is 0 Å². The van der Waals surface area contributed by atoms with Gasteiger partial charge in [-0.2, -0.15) is 0 Å². The molecular weight excluding hydrogens is 418 g/mol. The van der Waals surface area contributed by atoms with Gasteiger partial charge in [-0.15, -0.1) is 0 Å². The molecule has 1 aromatic heterocycles. The number of carbonyl (C=O) groups is 1. The zero-order valence-electron chi connectivity index (χ0n) is 19.0. The van der Waals surface area contributed by atoms with Gasteiger partial charge in [-0.1, -0.05) is 24.3 Å². The fraction of sp³-hybridized carbons (Fsp3) is 0.231. The van der Waals surface area contributed by atoms with Crippen LogP contribution in [0.4, 0.5) is 0 Å². The maximum Gasteiger partial charge on any atom is 0.251 e. The molecule has 0 aliphatic rings. The van der Waals surface area contributed by atoms with Crippen molar-refractivity contribution in [2.45, 2.75) is 13.0 Å². The van der Waals surface area contributed by atoms with Crippen molar-refractivity contribution in [3.63, 3.8) is 0 Å². The third kappa shape index (κ3) is 4.92. The Labute approximate surface area is 192 Å². The number of fused-ring (bicyclic) bond motifs is 1. The Balaban J connectivity index is 1.49. The summed E-state index contributed by atoms with van der Waals surface area (Å²) in [4.78, 5) is 17.5. The number of ether oxygens (including phenoxy) is 3. The summed E-state index contributed by atoms with van der Waals surface area (Å²) in [6.07, 6.45) is 0.601. The first-order chi connectivity index (χ1) is 16.1. The van der Waals surface area contributed by atoms with Crippen LogP contribution in [0.2, 0.25) is 0 Å². The molecule has 4 aromatic rings. The predicted molar refractivity (Wildman–Crippen MR) is 127 cm³/mol. The van der Waals surface area contributed by atoms with Crippen molar-refractivity contribution < 1.29 is 19.0 Å². The van der Waals surface area contributed by atoms with Gasteiger partial charge in [0.2, 0.25) is 0 Å². The van der Waals surface area contributed by atoms with E-state index in [9.17, 15) is 4.79 Å². The Morgan fingerprint density at radius 2 is 1.67 bits per heavy atom. The van der Waals surface area contributed by atoms with Gasteiger partial charge in [0.05, 0.1) is 32.4 Å². The first-order valence-corrected chi connectivity index (χ1v) is 10.7. The number of carbonyl (C=O) groups excluding carboxylic acids is 1. The lowest BCUT2D eigenvalue weighted by molar-refractivity contribution is 0.0953. The summed E-state index contributed by atoms with van der Waals surface area (Å²) in [5.41, 5.74) is 3.66. The fourth-order valence-electron chi connectivity index (χ4n) is 3.77. The number of amides is 1. The molecule has 7 heteroatoms. The molecule has 1 N–H and O–H groups in total. The zero-order chi connectivity index (χ0) is 23.2. The van der Waals surface area contributed by atoms with Crippen LogP contribution >= 0.6 is 0 Å². The van der Waals surface area contributed by atoms with E-state index >= 15 is 0 Å². The molecule has 1 amide bonds. The zero-order valence-corrected chi connectivity index (χ0v) is 19.0. The Morgan fingerprint density at radius 1 is 0.909 bits per heavy atom. The van der Waals surface area contributed by atoms with E-state index in [4.69, 9.17) is 19.2 Å². The lowest BCUT2D eigenvalue weighted by Gasteiger charge is -2.12. The molecule has 0 radical (unpaired) electrons. The third-order valence-corrected chi connectivity index (χ3v) is 5.51. The molecule has 7 nitrogen and oxygen atoms in total. The second kappa shape index (κ2) is 10.1. The van der Waals surface area contributed by atoms with Crippen LogP contribution in [0.3, 0.4) is 0 Å². The maximum absolute atomic E-state index is 12.7. The Bertz CT molecular complexity index is 1250. The number of benzene rings is 3. The number of aromatic nitrogens is 2. The van der Waals surface area contributed by atoms with Crippen LogP contribution < -0.4 is 19.5 Å². The predicted octanol–water partition coefficient (Wildman–Crippen LogP) is 4.08. The molecule has 3 aromatic carbocycles. The molecule has 0 saturated carbocycles. The van der Waals surface area contributed by atoms with Gasteiger partial charge in [0.15, 0.2) is 11.5 Å². The summed E-state index contributed by atoms with van der Waals surface area (Å²) in [5.74, 6) is 2.67. The van der Waals surface area contributed by atoms with Crippen molar-refractivity contribution >= 4 is 16.9 Å². The molecule has 33 heavy (non-hydrogen) atoms. The summed E-state index contributed by atoms with van der Waals surface area (Å²) in [6.45, 7) is 1.14. The molecule has 0 spiro atoms. The largest absolute Gasteiger partial charge is 0.497 e. The lowest BCUT2D eigenvalue weighted by atomic mass is 10.2. The molecule has 0 saturated heterocycles. The van der Waals surface area contributed by atoms with Gasteiger partial charge in [0, 0.05) is 25.1 Å². The number of nitrogens with zero attached hydrogens (tertiary/aromatic N) is 2. The van der Waals surface area contributed by atoms with Gasteiger partial charge in [0.1, 0.15) is 11.6 Å². The number of methoxy groups -OCH3 is 3. The minimum atomic E-state index is -0.172. The summed E-state index contributed by atoms with van der Waals surface area (Å²) < 4.78 is 18.0. The minimum absolute atomic E-state index is 0.172. The Hall–Kier alpha value is -4.00. The van der Waals surface area contributed by atoms with Gasteiger partial charge in [-0.25, -0.2) is 4.98 Å². The first kappa shape index (κ1) is 22.2. The highest BCUT2D eigenvalue weighted by Gasteiger charge is 2.13. The molecule has 0 atom stereocenters. The molecule has 0 unspecified atom stereocenters. The van der Waals surface area contributed by atoms with E-state index in [-0.39, 0.29) is 5.91 Å². The summed E-state index contributed by atoms with van der Waals surface area (Å²) in [5, 5.41) is 2.98. The van der Waals surface area contributed by atoms with E-state index in [1.165, 1.54) is 0 Å². The number of hydrogen-bond donors (Lipinski definition) is 1. The number of rotatable bonds is 9. The van der Waals surface area contributed by atoms with Crippen LogP contribution in [0.5, 0.6) is 17.2 Å². The Morgan fingerprint density at radius 3 is 2.39 bits per heavy atom. The fourth-order valence-corrected chi connectivity index (χ4v) is 3.77. The molecule has 170 valence electrons. The highest BCUT2D eigenvalue weighted by Crippen LogP contribution is 2.27. The molecule has 0 bridgehead atoms. The van der Waals surface area contributed by atoms with Crippen LogP contribution in [0.25, 0.3) is 11.0 Å². The van der Waals surface area contributed by atoms with Gasteiger partial charge in [-0.3, -0.25) is 4.79 Å². The summed E-state index contributed by atoms with van der Waals surface area (Å²) >= 11 is 0. The van der Waals surface area contributed by atoms with Crippen LogP contribution in [-0.4, -0.2) is 43.3 Å². The molecule has 1 heterocycles. The monoisotopic (exact) mass is 445 g/mol. The van der Waals surface area contributed by atoms with Crippen molar-refractivity contribution in [3.05, 3.63) is 83.7 Å². The Kier molecular flexibility index (Phi) is 6.78. The average Bonchev–Trinajstić information content (AvgIpc) is 3.21.